The van der Waals surface area contributed by atoms with Gasteiger partial charge in [0.2, 0.25) is 0 Å². The van der Waals surface area contributed by atoms with Crippen molar-refractivity contribution in [1.82, 2.24) is 0 Å². The van der Waals surface area contributed by atoms with Gasteiger partial charge in [0.15, 0.2) is 0 Å². The van der Waals surface area contributed by atoms with E-state index >= 15 is 0 Å². The van der Waals surface area contributed by atoms with Crippen molar-refractivity contribution < 1.29 is 4.74 Å². The van der Waals surface area contributed by atoms with Crippen molar-refractivity contribution in [1.29, 1.82) is 0 Å². The highest BCUT2D eigenvalue weighted by Gasteiger charge is 2.29. The van der Waals surface area contributed by atoms with E-state index in [-0.39, 0.29) is 6.10 Å². The molecule has 0 N–H and O–H groups in total. The van der Waals surface area contributed by atoms with Gasteiger partial charge in [-0.3, -0.25) is 0 Å². The molecule has 0 amide bonds. The van der Waals surface area contributed by atoms with E-state index in [2.05, 4.69) is 84.0 Å². The first-order chi connectivity index (χ1) is 12.4. The van der Waals surface area contributed by atoms with Crippen LogP contribution in [0.25, 0.3) is 22.3 Å². The number of benzene rings is 3. The number of hydrogen-bond acceptors (Lipinski definition) is 1. The van der Waals surface area contributed by atoms with Crippen LogP contribution in [0.4, 0.5) is 0 Å². The summed E-state index contributed by atoms with van der Waals surface area (Å²) in [5.74, 6) is 1.07. The molecule has 1 unspecified atom stereocenters. The molecule has 0 aliphatic carbocycles. The topological polar surface area (TPSA) is 9.23 Å². The third-order valence-electron chi connectivity index (χ3n) is 6.20. The molecule has 3 aromatic rings. The lowest BCUT2D eigenvalue weighted by Crippen LogP contribution is -2.16. The number of rotatable bonds is 1. The Morgan fingerprint density at radius 1 is 0.654 bits per heavy atom. The van der Waals surface area contributed by atoms with E-state index in [1.165, 1.54) is 55.6 Å². The molecule has 1 heteroatoms. The normalized spacial score (nSPS) is 15.2. The van der Waals surface area contributed by atoms with Crippen molar-refractivity contribution in [3.63, 3.8) is 0 Å². The molecule has 1 atom stereocenters. The van der Waals surface area contributed by atoms with E-state index in [9.17, 15) is 0 Å². The molecule has 0 radical (unpaired) electrons. The van der Waals surface area contributed by atoms with E-state index in [0.717, 1.165) is 5.75 Å². The molecular weight excluding hydrogens is 316 g/mol. The van der Waals surface area contributed by atoms with Gasteiger partial charge < -0.3 is 4.74 Å². The zero-order valence-corrected chi connectivity index (χ0v) is 16.5. The SMILES string of the molecule is Cc1c(C)c(C)c2c(c1C)OC(C)c1c-2ccc(-c2ccccc2)c1C. The molecule has 0 saturated heterocycles. The van der Waals surface area contributed by atoms with Crippen LogP contribution in [-0.2, 0) is 0 Å². The molecule has 132 valence electrons. The Morgan fingerprint density at radius 2 is 1.27 bits per heavy atom. The molecule has 0 bridgehead atoms. The second-order valence-electron chi connectivity index (χ2n) is 7.53. The summed E-state index contributed by atoms with van der Waals surface area (Å²) < 4.78 is 6.48. The van der Waals surface area contributed by atoms with Gasteiger partial charge in [-0.05, 0) is 86.1 Å². The van der Waals surface area contributed by atoms with Crippen LogP contribution in [0, 0.1) is 34.6 Å². The predicted octanol–water partition coefficient (Wildman–Crippen LogP) is 7.02. The molecule has 0 saturated carbocycles. The summed E-state index contributed by atoms with van der Waals surface area (Å²) in [6.45, 7) is 13.2. The van der Waals surface area contributed by atoms with E-state index in [1.54, 1.807) is 0 Å². The molecule has 1 aliphatic heterocycles. The molecule has 26 heavy (non-hydrogen) atoms. The molecule has 0 spiro atoms. The molecule has 3 aromatic carbocycles. The van der Waals surface area contributed by atoms with Gasteiger partial charge >= 0.3 is 0 Å². The van der Waals surface area contributed by atoms with Crippen LogP contribution in [0.15, 0.2) is 42.5 Å². The fourth-order valence-electron chi connectivity index (χ4n) is 4.39. The minimum atomic E-state index is 0.0568. The first-order valence-electron chi connectivity index (χ1n) is 9.38. The van der Waals surface area contributed by atoms with Gasteiger partial charge in [-0.1, -0.05) is 42.5 Å². The molecule has 1 heterocycles. The predicted molar refractivity (Wildman–Crippen MR) is 110 cm³/mol. The monoisotopic (exact) mass is 342 g/mol. The van der Waals surface area contributed by atoms with Crippen LogP contribution in [0.5, 0.6) is 5.75 Å². The highest BCUT2D eigenvalue weighted by Crippen LogP contribution is 2.49. The van der Waals surface area contributed by atoms with E-state index in [1.807, 2.05) is 0 Å². The highest BCUT2D eigenvalue weighted by atomic mass is 16.5. The average molecular weight is 342 g/mol. The maximum Gasteiger partial charge on any atom is 0.131 e. The fourth-order valence-corrected chi connectivity index (χ4v) is 4.39. The second kappa shape index (κ2) is 6.02. The fraction of sp³-hybridized carbons (Fsp3) is 0.280. The summed E-state index contributed by atoms with van der Waals surface area (Å²) in [4.78, 5) is 0. The Bertz CT molecular complexity index is 1010. The average Bonchev–Trinajstić information content (AvgIpc) is 2.65. The minimum absolute atomic E-state index is 0.0568. The summed E-state index contributed by atoms with van der Waals surface area (Å²) in [7, 11) is 0. The maximum atomic E-state index is 6.48. The largest absolute Gasteiger partial charge is 0.485 e. The summed E-state index contributed by atoms with van der Waals surface area (Å²) in [6.07, 6.45) is 0.0568. The first-order valence-corrected chi connectivity index (χ1v) is 9.38. The Morgan fingerprint density at radius 3 is 1.96 bits per heavy atom. The number of hydrogen-bond donors (Lipinski definition) is 0. The molecular formula is C25H26O. The van der Waals surface area contributed by atoms with Crippen LogP contribution in [0.1, 0.15) is 46.4 Å². The Balaban J connectivity index is 2.03. The Kier molecular flexibility index (Phi) is 3.91. The van der Waals surface area contributed by atoms with Crippen molar-refractivity contribution in [2.75, 3.05) is 0 Å². The van der Waals surface area contributed by atoms with Gasteiger partial charge in [0, 0.05) is 11.1 Å². The van der Waals surface area contributed by atoms with E-state index < -0.39 is 0 Å². The third-order valence-corrected chi connectivity index (χ3v) is 6.20. The van der Waals surface area contributed by atoms with E-state index in [4.69, 9.17) is 4.74 Å². The number of fused-ring (bicyclic) bond motifs is 3. The van der Waals surface area contributed by atoms with Gasteiger partial charge in [0.05, 0.1) is 0 Å². The summed E-state index contributed by atoms with van der Waals surface area (Å²) >= 11 is 0. The van der Waals surface area contributed by atoms with Crippen molar-refractivity contribution in [2.24, 2.45) is 0 Å². The Labute approximate surface area is 156 Å². The molecule has 0 fully saturated rings. The molecule has 0 aromatic heterocycles. The van der Waals surface area contributed by atoms with Crippen LogP contribution < -0.4 is 4.74 Å². The first kappa shape index (κ1) is 16.9. The number of ether oxygens (including phenoxy) is 1. The quantitative estimate of drug-likeness (QED) is 0.462. The molecule has 1 aliphatic rings. The van der Waals surface area contributed by atoms with Crippen LogP contribution in [0.2, 0.25) is 0 Å². The van der Waals surface area contributed by atoms with Crippen LogP contribution >= 0.6 is 0 Å². The summed E-state index contributed by atoms with van der Waals surface area (Å²) in [5.41, 5.74) is 13.1. The van der Waals surface area contributed by atoms with Crippen molar-refractivity contribution >= 4 is 0 Å². The lowest BCUT2D eigenvalue weighted by Gasteiger charge is -2.32. The van der Waals surface area contributed by atoms with Crippen molar-refractivity contribution in [3.05, 3.63) is 75.8 Å². The minimum Gasteiger partial charge on any atom is -0.485 e. The lowest BCUT2D eigenvalue weighted by molar-refractivity contribution is 0.220. The van der Waals surface area contributed by atoms with Crippen molar-refractivity contribution in [3.8, 4) is 28.0 Å². The smallest absolute Gasteiger partial charge is 0.131 e. The molecule has 4 rings (SSSR count). The van der Waals surface area contributed by atoms with Gasteiger partial charge in [-0.25, -0.2) is 0 Å². The standard InChI is InChI=1S/C25H26O/c1-14-15(2)17(4)25-24(16(14)3)22-13-12-21(20-10-8-7-9-11-20)18(5)23(22)19(6)26-25/h7-13,19H,1-6H3. The van der Waals surface area contributed by atoms with Gasteiger partial charge in [0.25, 0.3) is 0 Å². The second-order valence-corrected chi connectivity index (χ2v) is 7.53. The summed E-state index contributed by atoms with van der Waals surface area (Å²) in [5, 5.41) is 0. The zero-order chi connectivity index (χ0) is 18.6. The van der Waals surface area contributed by atoms with Crippen LogP contribution in [0.3, 0.4) is 0 Å². The highest BCUT2D eigenvalue weighted by molar-refractivity contribution is 5.85. The maximum absolute atomic E-state index is 6.48. The van der Waals surface area contributed by atoms with E-state index in [0.29, 0.717) is 0 Å². The van der Waals surface area contributed by atoms with Gasteiger partial charge in [-0.15, -0.1) is 0 Å². The van der Waals surface area contributed by atoms with Gasteiger partial charge in [0.1, 0.15) is 11.9 Å². The van der Waals surface area contributed by atoms with Crippen molar-refractivity contribution in [2.45, 2.75) is 47.6 Å². The summed E-state index contributed by atoms with van der Waals surface area (Å²) in [6, 6.07) is 15.2. The Hall–Kier alpha value is -2.54. The zero-order valence-electron chi connectivity index (χ0n) is 16.5. The van der Waals surface area contributed by atoms with Gasteiger partial charge in [-0.2, -0.15) is 0 Å². The third kappa shape index (κ3) is 2.30. The van der Waals surface area contributed by atoms with Crippen LogP contribution in [-0.4, -0.2) is 0 Å². The molecule has 1 nitrogen and oxygen atoms in total. The lowest BCUT2D eigenvalue weighted by atomic mass is 9.81.